The minimum absolute atomic E-state index is 0.132. The Morgan fingerprint density at radius 1 is 1.03 bits per heavy atom. The molecule has 1 saturated heterocycles. The van der Waals surface area contributed by atoms with Crippen molar-refractivity contribution < 1.29 is 23.7 Å². The van der Waals surface area contributed by atoms with Crippen molar-refractivity contribution in [3.05, 3.63) is 89.8 Å². The zero-order valence-corrected chi connectivity index (χ0v) is 19.4. The van der Waals surface area contributed by atoms with Crippen LogP contribution >= 0.6 is 0 Å². The predicted octanol–water partition coefficient (Wildman–Crippen LogP) is 4.27. The van der Waals surface area contributed by atoms with Crippen LogP contribution in [0.15, 0.2) is 72.9 Å². The van der Waals surface area contributed by atoms with Gasteiger partial charge in [-0.05, 0) is 66.4 Å². The van der Waals surface area contributed by atoms with Crippen molar-refractivity contribution >= 4 is 12.0 Å². The summed E-state index contributed by atoms with van der Waals surface area (Å²) in [6, 6.07) is 19.4. The molecule has 1 amide bonds. The molecule has 3 heterocycles. The maximum atomic E-state index is 12.6. The molecule has 1 aromatic heterocycles. The van der Waals surface area contributed by atoms with E-state index in [-0.39, 0.29) is 18.1 Å². The van der Waals surface area contributed by atoms with Gasteiger partial charge in [-0.25, -0.2) is 0 Å². The van der Waals surface area contributed by atoms with Gasteiger partial charge in [0.2, 0.25) is 12.7 Å². The van der Waals surface area contributed by atoms with E-state index in [1.807, 2.05) is 54.6 Å². The quantitative estimate of drug-likeness (QED) is 0.494. The van der Waals surface area contributed by atoms with E-state index < -0.39 is 0 Å². The maximum absolute atomic E-state index is 12.6. The molecule has 0 bridgehead atoms. The molecule has 0 saturated carbocycles. The third kappa shape index (κ3) is 5.63. The van der Waals surface area contributed by atoms with E-state index in [0.29, 0.717) is 26.4 Å². The molecule has 180 valence electrons. The zero-order chi connectivity index (χ0) is 23.9. The van der Waals surface area contributed by atoms with Crippen LogP contribution < -0.4 is 19.5 Å². The van der Waals surface area contributed by atoms with Crippen LogP contribution in [0.2, 0.25) is 0 Å². The van der Waals surface area contributed by atoms with Gasteiger partial charge in [-0.2, -0.15) is 0 Å². The van der Waals surface area contributed by atoms with Crippen LogP contribution in [-0.2, 0) is 21.6 Å². The van der Waals surface area contributed by atoms with Gasteiger partial charge < -0.3 is 24.3 Å². The van der Waals surface area contributed by atoms with Crippen LogP contribution in [0.5, 0.6) is 17.2 Å². The average molecular weight is 473 g/mol. The molecule has 7 nitrogen and oxygen atoms in total. The van der Waals surface area contributed by atoms with Gasteiger partial charge in [-0.1, -0.05) is 24.3 Å². The number of fused-ring (bicyclic) bond motifs is 1. The molecule has 0 spiro atoms. The highest BCUT2D eigenvalue weighted by molar-refractivity contribution is 5.91. The van der Waals surface area contributed by atoms with Gasteiger partial charge in [0, 0.05) is 37.4 Å². The molecule has 1 fully saturated rings. The van der Waals surface area contributed by atoms with Crippen LogP contribution in [-0.4, -0.2) is 37.4 Å². The first-order valence-corrected chi connectivity index (χ1v) is 11.8. The Labute approximate surface area is 204 Å². The fourth-order valence-corrected chi connectivity index (χ4v) is 4.36. The van der Waals surface area contributed by atoms with E-state index in [4.69, 9.17) is 18.9 Å². The van der Waals surface area contributed by atoms with Crippen molar-refractivity contribution in [2.24, 2.45) is 0 Å². The van der Waals surface area contributed by atoms with Crippen molar-refractivity contribution in [3.63, 3.8) is 0 Å². The average Bonchev–Trinajstić information content (AvgIpc) is 3.39. The second-order valence-electron chi connectivity index (χ2n) is 8.69. The summed E-state index contributed by atoms with van der Waals surface area (Å²) in [5.74, 6) is 2.14. The Morgan fingerprint density at radius 3 is 2.66 bits per heavy atom. The Balaban J connectivity index is 1.18. The van der Waals surface area contributed by atoms with Gasteiger partial charge in [0.15, 0.2) is 11.5 Å². The molecule has 3 aromatic rings. The molecule has 5 rings (SSSR count). The number of hydrogen-bond acceptors (Lipinski definition) is 6. The number of carbonyl (C=O) groups is 1. The van der Waals surface area contributed by atoms with Crippen molar-refractivity contribution in [1.82, 2.24) is 10.3 Å². The van der Waals surface area contributed by atoms with Gasteiger partial charge >= 0.3 is 0 Å². The van der Waals surface area contributed by atoms with Crippen LogP contribution in [0, 0.1) is 0 Å². The summed E-state index contributed by atoms with van der Waals surface area (Å²) >= 11 is 0. The number of amides is 1. The number of ether oxygens (including phenoxy) is 4. The van der Waals surface area contributed by atoms with Gasteiger partial charge in [-0.3, -0.25) is 9.78 Å². The van der Waals surface area contributed by atoms with Crippen LogP contribution in [0.4, 0.5) is 0 Å². The fraction of sp³-hybridized carbons (Fsp3) is 0.286. The number of aromatic nitrogens is 1. The van der Waals surface area contributed by atoms with E-state index in [0.717, 1.165) is 46.9 Å². The molecule has 2 aliphatic heterocycles. The number of hydrogen-bond donors (Lipinski definition) is 1. The van der Waals surface area contributed by atoms with E-state index in [2.05, 4.69) is 16.4 Å². The number of carbonyl (C=O) groups excluding carboxylic acids is 1. The second-order valence-corrected chi connectivity index (χ2v) is 8.69. The zero-order valence-electron chi connectivity index (χ0n) is 19.4. The normalized spacial score (nSPS) is 16.2. The van der Waals surface area contributed by atoms with Crippen LogP contribution in [0.25, 0.3) is 6.08 Å². The van der Waals surface area contributed by atoms with Crippen molar-refractivity contribution in [3.8, 4) is 17.2 Å². The summed E-state index contributed by atoms with van der Waals surface area (Å²) < 4.78 is 22.4. The van der Waals surface area contributed by atoms with Crippen molar-refractivity contribution in [2.45, 2.75) is 24.9 Å². The summed E-state index contributed by atoms with van der Waals surface area (Å²) in [6.45, 7) is 2.51. The summed E-state index contributed by atoms with van der Waals surface area (Å²) in [5.41, 5.74) is 2.73. The summed E-state index contributed by atoms with van der Waals surface area (Å²) in [5, 5.41) is 3.09. The smallest absolute Gasteiger partial charge is 0.244 e. The number of pyridine rings is 1. The van der Waals surface area contributed by atoms with E-state index in [1.165, 1.54) is 0 Å². The number of nitrogens with one attached hydrogen (secondary N) is 1. The third-order valence-corrected chi connectivity index (χ3v) is 6.46. The lowest BCUT2D eigenvalue weighted by Crippen LogP contribution is -2.44. The first-order chi connectivity index (χ1) is 17.2. The largest absolute Gasteiger partial charge is 0.487 e. The Kier molecular flexibility index (Phi) is 6.95. The molecule has 35 heavy (non-hydrogen) atoms. The highest BCUT2D eigenvalue weighted by Gasteiger charge is 2.35. The second kappa shape index (κ2) is 10.6. The number of nitrogens with zero attached hydrogens (tertiary/aromatic N) is 1. The van der Waals surface area contributed by atoms with Gasteiger partial charge in [0.05, 0.1) is 5.69 Å². The molecule has 1 N–H and O–H groups in total. The summed E-state index contributed by atoms with van der Waals surface area (Å²) in [4.78, 5) is 16.9. The molecule has 0 aliphatic carbocycles. The number of benzene rings is 2. The highest BCUT2D eigenvalue weighted by atomic mass is 16.7. The lowest BCUT2D eigenvalue weighted by Gasteiger charge is -2.38. The molecule has 0 atom stereocenters. The monoisotopic (exact) mass is 472 g/mol. The Bertz CT molecular complexity index is 1170. The number of rotatable bonds is 8. The van der Waals surface area contributed by atoms with E-state index in [9.17, 15) is 4.79 Å². The molecule has 2 aliphatic rings. The maximum Gasteiger partial charge on any atom is 0.244 e. The van der Waals surface area contributed by atoms with E-state index in [1.54, 1.807) is 18.3 Å². The SMILES string of the molecule is O=C(/C=C/c1ccc(OCc2ccccn2)cc1)NCC1(c2ccc3c(c2)OCO3)CCOCC1. The molecular formula is C28H28N2O5. The fourth-order valence-electron chi connectivity index (χ4n) is 4.36. The minimum Gasteiger partial charge on any atom is -0.487 e. The molecule has 7 heteroatoms. The summed E-state index contributed by atoms with van der Waals surface area (Å²) in [6.07, 6.45) is 6.77. The Morgan fingerprint density at radius 2 is 1.86 bits per heavy atom. The van der Waals surface area contributed by atoms with Gasteiger partial charge in [-0.15, -0.1) is 0 Å². The highest BCUT2D eigenvalue weighted by Crippen LogP contribution is 2.40. The Hall–Kier alpha value is -3.84. The van der Waals surface area contributed by atoms with Gasteiger partial charge in [0.1, 0.15) is 12.4 Å². The standard InChI is InChI=1S/C28H28N2O5/c31-27(11-6-21-4-8-24(9-5-21)33-18-23-3-1-2-14-29-23)30-19-28(12-15-32-16-13-28)22-7-10-25-26(17-22)35-20-34-25/h1-11,14,17H,12-13,15-16,18-20H2,(H,30,31)/b11-6+. The predicted molar refractivity (Wildman–Crippen MR) is 131 cm³/mol. The van der Waals surface area contributed by atoms with Crippen LogP contribution in [0.3, 0.4) is 0 Å². The van der Waals surface area contributed by atoms with E-state index >= 15 is 0 Å². The van der Waals surface area contributed by atoms with Crippen molar-refractivity contribution in [1.29, 1.82) is 0 Å². The first kappa shape index (κ1) is 22.9. The molecule has 0 unspecified atom stereocenters. The topological polar surface area (TPSA) is 78.9 Å². The van der Waals surface area contributed by atoms with Gasteiger partial charge in [0.25, 0.3) is 0 Å². The van der Waals surface area contributed by atoms with Crippen molar-refractivity contribution in [2.75, 3.05) is 26.6 Å². The lowest BCUT2D eigenvalue weighted by molar-refractivity contribution is -0.116. The molecular weight excluding hydrogens is 444 g/mol. The van der Waals surface area contributed by atoms with Crippen LogP contribution in [0.1, 0.15) is 29.7 Å². The minimum atomic E-state index is -0.199. The molecule has 0 radical (unpaired) electrons. The lowest BCUT2D eigenvalue weighted by atomic mass is 9.74. The molecule has 2 aromatic carbocycles. The first-order valence-electron chi connectivity index (χ1n) is 11.8. The third-order valence-electron chi connectivity index (χ3n) is 6.46. The summed E-state index contributed by atoms with van der Waals surface area (Å²) in [7, 11) is 0.